The number of hydrogen-bond acceptors (Lipinski definition) is 4. The minimum atomic E-state index is -3.41. The average molecular weight is 339 g/mol. The molecule has 6 nitrogen and oxygen atoms in total. The van der Waals surface area contributed by atoms with Gasteiger partial charge in [0.25, 0.3) is 5.91 Å². The van der Waals surface area contributed by atoms with Crippen LogP contribution in [-0.4, -0.2) is 49.6 Å². The number of likely N-dealkylation sites (tertiary alicyclic amines) is 1. The fourth-order valence-corrected chi connectivity index (χ4v) is 3.57. The second-order valence-electron chi connectivity index (χ2n) is 6.08. The van der Waals surface area contributed by atoms with Crippen molar-refractivity contribution in [3.63, 3.8) is 0 Å². The number of aliphatic carboxylic acids is 1. The van der Waals surface area contributed by atoms with Crippen molar-refractivity contribution in [3.8, 4) is 0 Å². The van der Waals surface area contributed by atoms with Crippen molar-refractivity contribution in [3.05, 3.63) is 29.3 Å². The van der Waals surface area contributed by atoms with Crippen LogP contribution in [0.2, 0.25) is 0 Å². The number of amides is 1. The molecule has 0 aliphatic carbocycles. The first-order chi connectivity index (χ1) is 10.6. The van der Waals surface area contributed by atoms with Gasteiger partial charge >= 0.3 is 5.97 Å². The molecular formula is C16H21NO5S. The monoisotopic (exact) mass is 339 g/mol. The van der Waals surface area contributed by atoms with E-state index in [1.54, 1.807) is 13.0 Å². The van der Waals surface area contributed by atoms with Crippen molar-refractivity contribution in [2.45, 2.75) is 25.2 Å². The lowest BCUT2D eigenvalue weighted by atomic mass is 9.99. The molecule has 1 aliphatic rings. The van der Waals surface area contributed by atoms with Gasteiger partial charge in [-0.2, -0.15) is 0 Å². The normalized spacial score (nSPS) is 21.4. The molecule has 126 valence electrons. The lowest BCUT2D eigenvalue weighted by molar-refractivity contribution is -0.142. The van der Waals surface area contributed by atoms with Crippen molar-refractivity contribution >= 4 is 21.7 Å². The third kappa shape index (κ3) is 3.55. The molecule has 1 amide bonds. The maximum atomic E-state index is 12.8. The molecule has 0 aromatic heterocycles. The molecule has 23 heavy (non-hydrogen) atoms. The molecule has 1 aliphatic heterocycles. The molecule has 0 spiro atoms. The highest BCUT2D eigenvalue weighted by Gasteiger charge is 2.37. The first-order valence-corrected chi connectivity index (χ1v) is 9.39. The molecule has 7 heteroatoms. The van der Waals surface area contributed by atoms with Crippen molar-refractivity contribution in [2.24, 2.45) is 11.8 Å². The zero-order chi connectivity index (χ0) is 17.4. The van der Waals surface area contributed by atoms with Gasteiger partial charge in [-0.15, -0.1) is 0 Å². The molecule has 1 heterocycles. The maximum Gasteiger partial charge on any atom is 0.308 e. The van der Waals surface area contributed by atoms with Gasteiger partial charge in [0.15, 0.2) is 9.84 Å². The Labute approximate surface area is 136 Å². The maximum absolute atomic E-state index is 12.8. The molecule has 1 aromatic rings. The van der Waals surface area contributed by atoms with E-state index in [1.165, 1.54) is 17.0 Å². The number of carboxylic acid groups (broad SMARTS) is 1. The van der Waals surface area contributed by atoms with Crippen molar-refractivity contribution < 1.29 is 23.1 Å². The van der Waals surface area contributed by atoms with Crippen molar-refractivity contribution in [2.75, 3.05) is 19.3 Å². The standard InChI is InChI=1S/C16H21NO5S/c1-4-11-5-6-12(23(3,21)22)7-13(11)15(18)17-8-10(2)14(9-17)16(19)20/h5-7,10,14H,4,8-9H2,1-3H3,(H,19,20)/t10-,14-/m1/s1. The van der Waals surface area contributed by atoms with E-state index in [2.05, 4.69) is 0 Å². The van der Waals surface area contributed by atoms with E-state index in [0.29, 0.717) is 18.5 Å². The van der Waals surface area contributed by atoms with Gasteiger partial charge in [0.2, 0.25) is 0 Å². The molecule has 0 unspecified atom stereocenters. The molecule has 2 rings (SSSR count). The highest BCUT2D eigenvalue weighted by atomic mass is 32.2. The largest absolute Gasteiger partial charge is 0.481 e. The van der Waals surface area contributed by atoms with E-state index in [4.69, 9.17) is 0 Å². The Morgan fingerprint density at radius 1 is 1.30 bits per heavy atom. The van der Waals surface area contributed by atoms with Crippen LogP contribution >= 0.6 is 0 Å². The summed E-state index contributed by atoms with van der Waals surface area (Å²) in [7, 11) is -3.41. The van der Waals surface area contributed by atoms with E-state index in [0.717, 1.165) is 11.8 Å². The number of hydrogen-bond donors (Lipinski definition) is 1. The SMILES string of the molecule is CCc1ccc(S(C)(=O)=O)cc1C(=O)N1C[C@@H](C)[C@H](C(=O)O)C1. The summed E-state index contributed by atoms with van der Waals surface area (Å²) in [6.07, 6.45) is 1.69. The predicted octanol–water partition coefficient (Wildman–Crippen LogP) is 1.45. The number of carbonyl (C=O) groups excluding carboxylic acids is 1. The molecule has 2 atom stereocenters. The van der Waals surface area contributed by atoms with Gasteiger partial charge in [-0.25, -0.2) is 8.42 Å². The Bertz CT molecular complexity index is 741. The lowest BCUT2D eigenvalue weighted by Crippen LogP contribution is -2.30. The van der Waals surface area contributed by atoms with Crippen molar-refractivity contribution in [1.29, 1.82) is 0 Å². The zero-order valence-electron chi connectivity index (χ0n) is 13.4. The Balaban J connectivity index is 2.37. The van der Waals surface area contributed by atoms with Crippen LogP contribution < -0.4 is 0 Å². The van der Waals surface area contributed by atoms with Gasteiger partial charge in [-0.05, 0) is 30.0 Å². The fraction of sp³-hybridized carbons (Fsp3) is 0.500. The highest BCUT2D eigenvalue weighted by molar-refractivity contribution is 7.90. The van der Waals surface area contributed by atoms with Crippen LogP contribution in [0.3, 0.4) is 0 Å². The Morgan fingerprint density at radius 3 is 2.43 bits per heavy atom. The number of carbonyl (C=O) groups is 2. The van der Waals surface area contributed by atoms with Crippen LogP contribution in [-0.2, 0) is 21.1 Å². The van der Waals surface area contributed by atoms with Crippen molar-refractivity contribution in [1.82, 2.24) is 4.90 Å². The highest BCUT2D eigenvalue weighted by Crippen LogP contribution is 2.26. The molecule has 1 N–H and O–H groups in total. The topological polar surface area (TPSA) is 91.8 Å². The minimum Gasteiger partial charge on any atom is -0.481 e. The van der Waals surface area contributed by atoms with Gasteiger partial charge in [-0.3, -0.25) is 9.59 Å². The van der Waals surface area contributed by atoms with Crippen LogP contribution in [0, 0.1) is 11.8 Å². The summed E-state index contributed by atoms with van der Waals surface area (Å²) >= 11 is 0. The molecule has 0 bridgehead atoms. The first kappa shape index (κ1) is 17.5. The Kier molecular flexibility index (Phi) is 4.79. The van der Waals surface area contributed by atoms with Gasteiger partial charge in [0.1, 0.15) is 0 Å². The number of rotatable bonds is 4. The number of nitrogens with zero attached hydrogens (tertiary/aromatic N) is 1. The van der Waals surface area contributed by atoms with Gasteiger partial charge < -0.3 is 10.0 Å². The second-order valence-corrected chi connectivity index (χ2v) is 8.09. The lowest BCUT2D eigenvalue weighted by Gasteiger charge is -2.18. The second kappa shape index (κ2) is 6.31. The molecule has 1 fully saturated rings. The summed E-state index contributed by atoms with van der Waals surface area (Å²) in [6.45, 7) is 4.21. The van der Waals surface area contributed by atoms with E-state index >= 15 is 0 Å². The van der Waals surface area contributed by atoms with E-state index < -0.39 is 21.7 Å². The summed E-state index contributed by atoms with van der Waals surface area (Å²) < 4.78 is 23.4. The summed E-state index contributed by atoms with van der Waals surface area (Å²) in [4.78, 5) is 25.6. The number of sulfone groups is 1. The Hall–Kier alpha value is -1.89. The van der Waals surface area contributed by atoms with Gasteiger partial charge in [-0.1, -0.05) is 19.9 Å². The van der Waals surface area contributed by atoms with E-state index in [9.17, 15) is 23.1 Å². The molecular weight excluding hydrogens is 318 g/mol. The third-order valence-corrected chi connectivity index (χ3v) is 5.45. The zero-order valence-corrected chi connectivity index (χ0v) is 14.3. The Morgan fingerprint density at radius 2 is 1.96 bits per heavy atom. The van der Waals surface area contributed by atoms with E-state index in [-0.39, 0.29) is 23.3 Å². The van der Waals surface area contributed by atoms with Crippen LogP contribution in [0.25, 0.3) is 0 Å². The number of carboxylic acids is 1. The van der Waals surface area contributed by atoms with Gasteiger partial charge in [0, 0.05) is 24.9 Å². The van der Waals surface area contributed by atoms with Crippen LogP contribution in [0.1, 0.15) is 29.8 Å². The number of benzene rings is 1. The fourth-order valence-electron chi connectivity index (χ4n) is 2.92. The quantitative estimate of drug-likeness (QED) is 0.896. The van der Waals surface area contributed by atoms with Gasteiger partial charge in [0.05, 0.1) is 10.8 Å². The minimum absolute atomic E-state index is 0.0973. The summed E-state index contributed by atoms with van der Waals surface area (Å²) in [6, 6.07) is 4.55. The van der Waals surface area contributed by atoms with E-state index in [1.807, 2.05) is 6.92 Å². The third-order valence-electron chi connectivity index (χ3n) is 4.34. The molecule has 0 radical (unpaired) electrons. The van der Waals surface area contributed by atoms with Crippen LogP contribution in [0.5, 0.6) is 0 Å². The molecule has 1 saturated heterocycles. The smallest absolute Gasteiger partial charge is 0.308 e. The average Bonchev–Trinajstić information content (AvgIpc) is 2.87. The van der Waals surface area contributed by atoms with Crippen LogP contribution in [0.4, 0.5) is 0 Å². The van der Waals surface area contributed by atoms with Crippen LogP contribution in [0.15, 0.2) is 23.1 Å². The first-order valence-electron chi connectivity index (χ1n) is 7.50. The summed E-state index contributed by atoms with van der Waals surface area (Å²) in [5.41, 5.74) is 1.10. The summed E-state index contributed by atoms with van der Waals surface area (Å²) in [5, 5.41) is 9.19. The molecule has 0 saturated carbocycles. The summed E-state index contributed by atoms with van der Waals surface area (Å²) in [5.74, 6) is -1.92. The predicted molar refractivity (Wildman–Crippen MR) is 85.1 cm³/mol. The molecule has 1 aromatic carbocycles. The number of aryl methyl sites for hydroxylation is 1.